The lowest BCUT2D eigenvalue weighted by molar-refractivity contribution is -0.142. The molecule has 1 heterocycles. The number of carbonyl (C=O) groups excluding carboxylic acids is 2. The molecule has 1 saturated heterocycles. The third-order valence-corrected chi connectivity index (χ3v) is 5.19. The minimum atomic E-state index is -0.572. The van der Waals surface area contributed by atoms with Crippen LogP contribution in [0.4, 0.5) is 0 Å². The molecule has 1 aromatic carbocycles. The number of benzene rings is 1. The van der Waals surface area contributed by atoms with E-state index >= 15 is 0 Å². The van der Waals surface area contributed by atoms with Crippen LogP contribution in [0, 0.1) is 5.92 Å². The summed E-state index contributed by atoms with van der Waals surface area (Å²) in [7, 11) is 0. The second kappa shape index (κ2) is 7.79. The van der Waals surface area contributed by atoms with E-state index < -0.39 is 6.04 Å². The highest BCUT2D eigenvalue weighted by Gasteiger charge is 2.33. The van der Waals surface area contributed by atoms with Gasteiger partial charge in [-0.05, 0) is 31.2 Å². The first-order valence-electron chi connectivity index (χ1n) is 8.97. The van der Waals surface area contributed by atoms with Crippen LogP contribution in [0.25, 0.3) is 0 Å². The number of aliphatic hydroxyl groups excluding tert-OH is 1. The van der Waals surface area contributed by atoms with Crippen molar-refractivity contribution >= 4 is 11.8 Å². The van der Waals surface area contributed by atoms with Gasteiger partial charge in [-0.2, -0.15) is 0 Å². The van der Waals surface area contributed by atoms with Gasteiger partial charge in [0.25, 0.3) is 0 Å². The molecule has 1 aliphatic heterocycles. The number of nitrogens with one attached hydrogen (secondary N) is 1. The molecule has 1 aliphatic carbocycles. The molecule has 0 aromatic heterocycles. The number of hydrogen-bond acceptors (Lipinski definition) is 3. The summed E-state index contributed by atoms with van der Waals surface area (Å²) in [5, 5.41) is 12.9. The highest BCUT2D eigenvalue weighted by Crippen LogP contribution is 2.27. The zero-order valence-electron chi connectivity index (χ0n) is 14.0. The van der Waals surface area contributed by atoms with E-state index in [9.17, 15) is 14.7 Å². The molecule has 1 aromatic rings. The van der Waals surface area contributed by atoms with Gasteiger partial charge in [0.2, 0.25) is 11.8 Å². The van der Waals surface area contributed by atoms with Crippen LogP contribution in [0.2, 0.25) is 0 Å². The van der Waals surface area contributed by atoms with Crippen molar-refractivity contribution in [1.82, 2.24) is 10.2 Å². The fourth-order valence-corrected chi connectivity index (χ4v) is 3.79. The number of carbonyl (C=O) groups is 2. The SMILES string of the molecule is O=C(NCC1CCCC1O)C(c1ccccc1)N1CCCCC1=O. The molecule has 3 atom stereocenters. The third-order valence-electron chi connectivity index (χ3n) is 5.19. The van der Waals surface area contributed by atoms with Gasteiger partial charge in [-0.25, -0.2) is 0 Å². The molecule has 1 saturated carbocycles. The molecular formula is C19H26N2O3. The molecule has 2 fully saturated rings. The van der Waals surface area contributed by atoms with Crippen molar-refractivity contribution in [3.63, 3.8) is 0 Å². The van der Waals surface area contributed by atoms with Gasteiger partial charge in [-0.15, -0.1) is 0 Å². The van der Waals surface area contributed by atoms with Gasteiger partial charge < -0.3 is 15.3 Å². The summed E-state index contributed by atoms with van der Waals surface area (Å²) in [4.78, 5) is 26.9. The predicted octanol–water partition coefficient (Wildman–Crippen LogP) is 2.02. The fourth-order valence-electron chi connectivity index (χ4n) is 3.79. The predicted molar refractivity (Wildman–Crippen MR) is 91.1 cm³/mol. The monoisotopic (exact) mass is 330 g/mol. The van der Waals surface area contributed by atoms with Crippen molar-refractivity contribution in [2.75, 3.05) is 13.1 Å². The van der Waals surface area contributed by atoms with E-state index in [4.69, 9.17) is 0 Å². The van der Waals surface area contributed by atoms with Crippen LogP contribution in [-0.2, 0) is 9.59 Å². The molecule has 0 spiro atoms. The average molecular weight is 330 g/mol. The van der Waals surface area contributed by atoms with E-state index in [1.165, 1.54) is 0 Å². The summed E-state index contributed by atoms with van der Waals surface area (Å²) in [5.41, 5.74) is 0.845. The van der Waals surface area contributed by atoms with Gasteiger partial charge in [-0.1, -0.05) is 36.8 Å². The summed E-state index contributed by atoms with van der Waals surface area (Å²) in [5.74, 6) is 0.0316. The van der Waals surface area contributed by atoms with Crippen LogP contribution in [0.15, 0.2) is 30.3 Å². The molecule has 0 radical (unpaired) electrons. The fraction of sp³-hybridized carbons (Fsp3) is 0.579. The Morgan fingerprint density at radius 1 is 1.21 bits per heavy atom. The van der Waals surface area contributed by atoms with Gasteiger partial charge in [-0.3, -0.25) is 9.59 Å². The minimum Gasteiger partial charge on any atom is -0.393 e. The normalized spacial score (nSPS) is 25.5. The second-order valence-electron chi connectivity index (χ2n) is 6.86. The lowest BCUT2D eigenvalue weighted by Crippen LogP contribution is -2.46. The Balaban J connectivity index is 1.73. The van der Waals surface area contributed by atoms with Gasteiger partial charge in [0, 0.05) is 25.4 Å². The third kappa shape index (κ3) is 3.78. The molecule has 0 bridgehead atoms. The Morgan fingerprint density at radius 2 is 2.00 bits per heavy atom. The number of likely N-dealkylation sites (tertiary alicyclic amines) is 1. The molecule has 3 unspecified atom stereocenters. The molecule has 24 heavy (non-hydrogen) atoms. The minimum absolute atomic E-state index is 0.0474. The highest BCUT2D eigenvalue weighted by atomic mass is 16.3. The molecule has 130 valence electrons. The summed E-state index contributed by atoms with van der Waals surface area (Å²) >= 11 is 0. The van der Waals surface area contributed by atoms with Crippen LogP contribution in [0.1, 0.15) is 50.1 Å². The standard InChI is InChI=1S/C19H26N2O3/c22-16-10-6-9-15(16)13-20-19(24)18(14-7-2-1-3-8-14)21-12-5-4-11-17(21)23/h1-3,7-8,15-16,18,22H,4-6,9-13H2,(H,20,24). The molecule has 5 nitrogen and oxygen atoms in total. The van der Waals surface area contributed by atoms with E-state index in [-0.39, 0.29) is 23.8 Å². The Morgan fingerprint density at radius 3 is 2.67 bits per heavy atom. The van der Waals surface area contributed by atoms with Crippen molar-refractivity contribution < 1.29 is 14.7 Å². The Labute approximate surface area is 143 Å². The maximum atomic E-state index is 12.9. The van der Waals surface area contributed by atoms with E-state index in [1.54, 1.807) is 4.90 Å². The van der Waals surface area contributed by atoms with E-state index in [0.29, 0.717) is 19.5 Å². The first kappa shape index (κ1) is 17.0. The molecule has 2 N–H and O–H groups in total. The topological polar surface area (TPSA) is 69.6 Å². The lowest BCUT2D eigenvalue weighted by Gasteiger charge is -2.34. The van der Waals surface area contributed by atoms with Crippen molar-refractivity contribution in [2.24, 2.45) is 5.92 Å². The number of amides is 2. The summed E-state index contributed by atoms with van der Waals surface area (Å²) in [6.07, 6.45) is 4.79. The molecule has 3 rings (SSSR count). The van der Waals surface area contributed by atoms with Crippen molar-refractivity contribution in [2.45, 2.75) is 50.7 Å². The van der Waals surface area contributed by atoms with Crippen LogP contribution in [-0.4, -0.2) is 41.0 Å². The van der Waals surface area contributed by atoms with Crippen LogP contribution in [0.5, 0.6) is 0 Å². The largest absolute Gasteiger partial charge is 0.393 e. The zero-order chi connectivity index (χ0) is 16.9. The quantitative estimate of drug-likeness (QED) is 0.868. The number of rotatable bonds is 5. The number of aliphatic hydroxyl groups is 1. The van der Waals surface area contributed by atoms with Crippen molar-refractivity contribution in [3.8, 4) is 0 Å². The van der Waals surface area contributed by atoms with Crippen molar-refractivity contribution in [1.29, 1.82) is 0 Å². The molecule has 2 aliphatic rings. The van der Waals surface area contributed by atoms with E-state index in [2.05, 4.69) is 5.32 Å². The van der Waals surface area contributed by atoms with Crippen LogP contribution < -0.4 is 5.32 Å². The van der Waals surface area contributed by atoms with Gasteiger partial charge in [0.1, 0.15) is 6.04 Å². The maximum absolute atomic E-state index is 12.9. The number of piperidine rings is 1. The first-order valence-corrected chi connectivity index (χ1v) is 8.97. The first-order chi connectivity index (χ1) is 11.7. The Kier molecular flexibility index (Phi) is 5.51. The molecule has 5 heteroatoms. The van der Waals surface area contributed by atoms with Crippen LogP contribution in [0.3, 0.4) is 0 Å². The van der Waals surface area contributed by atoms with E-state index in [1.807, 2.05) is 30.3 Å². The van der Waals surface area contributed by atoms with Crippen LogP contribution >= 0.6 is 0 Å². The maximum Gasteiger partial charge on any atom is 0.247 e. The average Bonchev–Trinajstić information content (AvgIpc) is 3.01. The second-order valence-corrected chi connectivity index (χ2v) is 6.86. The summed E-state index contributed by atoms with van der Waals surface area (Å²) in [6, 6.07) is 8.92. The van der Waals surface area contributed by atoms with Crippen molar-refractivity contribution in [3.05, 3.63) is 35.9 Å². The smallest absolute Gasteiger partial charge is 0.247 e. The number of hydrogen-bond donors (Lipinski definition) is 2. The van der Waals surface area contributed by atoms with Gasteiger partial charge in [0.05, 0.1) is 6.10 Å². The van der Waals surface area contributed by atoms with Gasteiger partial charge >= 0.3 is 0 Å². The Hall–Kier alpha value is -1.88. The van der Waals surface area contributed by atoms with Gasteiger partial charge in [0.15, 0.2) is 0 Å². The molecular weight excluding hydrogens is 304 g/mol. The lowest BCUT2D eigenvalue weighted by atomic mass is 10.00. The summed E-state index contributed by atoms with van der Waals surface area (Å²) < 4.78 is 0. The molecule has 2 amide bonds. The Bertz CT molecular complexity index is 575. The number of nitrogens with zero attached hydrogens (tertiary/aromatic N) is 1. The summed E-state index contributed by atoms with van der Waals surface area (Å²) in [6.45, 7) is 1.10. The zero-order valence-corrected chi connectivity index (χ0v) is 14.0. The highest BCUT2D eigenvalue weighted by molar-refractivity contribution is 5.89. The van der Waals surface area contributed by atoms with E-state index in [0.717, 1.165) is 37.7 Å².